The topological polar surface area (TPSA) is 9.23 Å². The summed E-state index contributed by atoms with van der Waals surface area (Å²) in [5, 5.41) is 0.841. The van der Waals surface area contributed by atoms with Crippen molar-refractivity contribution in [3.8, 4) is 0 Å². The van der Waals surface area contributed by atoms with E-state index in [2.05, 4.69) is 39.3 Å². The maximum absolute atomic E-state index is 5.72. The zero-order valence-electron chi connectivity index (χ0n) is 9.02. The second-order valence-electron chi connectivity index (χ2n) is 5.32. The Hall–Kier alpha value is 0.324. The van der Waals surface area contributed by atoms with Crippen LogP contribution in [-0.2, 0) is 4.43 Å². The summed E-state index contributed by atoms with van der Waals surface area (Å²) < 4.78 is 5.72. The third kappa shape index (κ3) is 8.42. The van der Waals surface area contributed by atoms with Crippen LogP contribution in [0.2, 0.25) is 45.3 Å². The Bertz CT molecular complexity index is 149. The minimum Gasteiger partial charge on any atom is -0.540 e. The molecule has 0 aromatic rings. The van der Waals surface area contributed by atoms with Crippen molar-refractivity contribution in [2.45, 2.75) is 45.3 Å². The molecule has 0 spiro atoms. The van der Waals surface area contributed by atoms with Crippen LogP contribution in [0.3, 0.4) is 0 Å². The predicted octanol–water partition coefficient (Wildman–Crippen LogP) is 3.50. The average Bonchev–Trinajstić information content (AvgIpc) is 1.49. The first-order valence-electron chi connectivity index (χ1n) is 4.32. The van der Waals surface area contributed by atoms with Gasteiger partial charge in [0.25, 0.3) is 0 Å². The Kier molecular flexibility index (Phi) is 4.13. The Morgan fingerprint density at radius 2 is 1.50 bits per heavy atom. The summed E-state index contributed by atoms with van der Waals surface area (Å²) in [4.78, 5) is 0. The van der Waals surface area contributed by atoms with Crippen molar-refractivity contribution in [3.63, 3.8) is 0 Å². The molecule has 0 radical (unpaired) electrons. The first-order valence-corrected chi connectivity index (χ1v) is 11.8. The molecule has 12 heavy (non-hydrogen) atoms. The van der Waals surface area contributed by atoms with E-state index >= 15 is 0 Å². The molecule has 0 fully saturated rings. The van der Waals surface area contributed by atoms with Gasteiger partial charge in [-0.2, -0.15) is 0 Å². The maximum atomic E-state index is 5.72. The highest BCUT2D eigenvalue weighted by Gasteiger charge is 2.22. The lowest BCUT2D eigenvalue weighted by atomic mass is 10.9. The second kappa shape index (κ2) is 4.02. The summed E-state index contributed by atoms with van der Waals surface area (Å²) in [7, 11) is -2.50. The SMILES string of the molecule is C[Si](C)(C)CC(=S)O[Si](C)(C)C. The fourth-order valence-corrected chi connectivity index (χ4v) is 4.70. The van der Waals surface area contributed by atoms with Gasteiger partial charge in [-0.25, -0.2) is 0 Å². The summed E-state index contributed by atoms with van der Waals surface area (Å²) in [5.41, 5.74) is 0. The van der Waals surface area contributed by atoms with E-state index in [9.17, 15) is 0 Å². The van der Waals surface area contributed by atoms with Crippen LogP contribution in [-0.4, -0.2) is 21.4 Å². The molecule has 0 aliphatic rings. The molecule has 0 heterocycles. The normalized spacial score (nSPS) is 12.8. The van der Waals surface area contributed by atoms with Crippen molar-refractivity contribution in [3.05, 3.63) is 0 Å². The van der Waals surface area contributed by atoms with Gasteiger partial charge in [0.05, 0.1) is 8.07 Å². The highest BCUT2D eigenvalue weighted by molar-refractivity contribution is 7.80. The number of hydrogen-bond acceptors (Lipinski definition) is 2. The molecule has 0 bridgehead atoms. The van der Waals surface area contributed by atoms with E-state index in [1.807, 2.05) is 0 Å². The summed E-state index contributed by atoms with van der Waals surface area (Å²) in [6.07, 6.45) is 0. The quantitative estimate of drug-likeness (QED) is 0.532. The first-order chi connectivity index (χ1) is 5.10. The summed E-state index contributed by atoms with van der Waals surface area (Å²) in [6.45, 7) is 13.4. The lowest BCUT2D eigenvalue weighted by molar-refractivity contribution is 0.561. The zero-order valence-corrected chi connectivity index (χ0v) is 11.8. The third-order valence-electron chi connectivity index (χ3n) is 1.09. The molecule has 0 unspecified atom stereocenters. The molecule has 4 heteroatoms. The lowest BCUT2D eigenvalue weighted by Gasteiger charge is -2.23. The van der Waals surface area contributed by atoms with Gasteiger partial charge in [-0.1, -0.05) is 19.6 Å². The van der Waals surface area contributed by atoms with Gasteiger partial charge in [0.2, 0.25) is 8.32 Å². The molecule has 0 aliphatic carbocycles. The zero-order chi connectivity index (χ0) is 9.99. The van der Waals surface area contributed by atoms with E-state index in [0.29, 0.717) is 0 Å². The van der Waals surface area contributed by atoms with E-state index in [-0.39, 0.29) is 0 Å². The monoisotopic (exact) mass is 220 g/mol. The van der Waals surface area contributed by atoms with Crippen LogP contribution in [0.4, 0.5) is 0 Å². The van der Waals surface area contributed by atoms with E-state index in [1.165, 1.54) is 0 Å². The molecule has 1 nitrogen and oxygen atoms in total. The van der Waals surface area contributed by atoms with Crippen LogP contribution >= 0.6 is 12.2 Å². The van der Waals surface area contributed by atoms with Crippen LogP contribution in [0, 0.1) is 0 Å². The van der Waals surface area contributed by atoms with Gasteiger partial charge < -0.3 is 4.43 Å². The minimum absolute atomic E-state index is 0.841. The fourth-order valence-electron chi connectivity index (χ4n) is 0.811. The molecular weight excluding hydrogens is 200 g/mol. The molecular formula is C8H20OSSi2. The van der Waals surface area contributed by atoms with Crippen molar-refractivity contribution in [1.82, 2.24) is 0 Å². The van der Waals surface area contributed by atoms with E-state index in [4.69, 9.17) is 16.6 Å². The Morgan fingerprint density at radius 1 is 1.08 bits per heavy atom. The van der Waals surface area contributed by atoms with Crippen LogP contribution in [0.15, 0.2) is 0 Å². The lowest BCUT2D eigenvalue weighted by Crippen LogP contribution is -2.32. The molecule has 0 N–H and O–H groups in total. The minimum atomic E-state index is -1.44. The molecule has 0 aromatic heterocycles. The van der Waals surface area contributed by atoms with E-state index in [0.717, 1.165) is 11.1 Å². The average molecular weight is 220 g/mol. The molecule has 0 saturated carbocycles. The van der Waals surface area contributed by atoms with Crippen LogP contribution in [0.1, 0.15) is 0 Å². The van der Waals surface area contributed by atoms with Crippen molar-refractivity contribution < 1.29 is 4.43 Å². The molecule has 0 aromatic carbocycles. The molecule has 72 valence electrons. The predicted molar refractivity (Wildman–Crippen MR) is 65.2 cm³/mol. The number of rotatable bonds is 3. The molecule has 0 rings (SSSR count). The summed E-state index contributed by atoms with van der Waals surface area (Å²) in [5.74, 6) is 0. The van der Waals surface area contributed by atoms with E-state index in [1.54, 1.807) is 0 Å². The van der Waals surface area contributed by atoms with Gasteiger partial charge in [-0.3, -0.25) is 0 Å². The Morgan fingerprint density at radius 3 is 1.75 bits per heavy atom. The van der Waals surface area contributed by atoms with Crippen LogP contribution in [0.5, 0.6) is 0 Å². The van der Waals surface area contributed by atoms with Gasteiger partial charge in [0.15, 0.2) is 0 Å². The molecule has 0 saturated heterocycles. The fraction of sp³-hybridized carbons (Fsp3) is 0.875. The van der Waals surface area contributed by atoms with Crippen LogP contribution in [0.25, 0.3) is 0 Å². The van der Waals surface area contributed by atoms with Gasteiger partial charge in [0, 0.05) is 6.04 Å². The number of thiocarbonyl (C=S) groups is 1. The van der Waals surface area contributed by atoms with Gasteiger partial charge in [0.1, 0.15) is 5.05 Å². The Labute approximate surface area is 83.7 Å². The third-order valence-corrected chi connectivity index (χ3v) is 3.97. The molecule has 0 aliphatic heterocycles. The summed E-state index contributed by atoms with van der Waals surface area (Å²) in [6, 6.07) is 1.02. The molecule has 0 amide bonds. The van der Waals surface area contributed by atoms with Gasteiger partial charge in [-0.05, 0) is 31.9 Å². The number of hydrogen-bond donors (Lipinski definition) is 0. The van der Waals surface area contributed by atoms with Crippen molar-refractivity contribution in [2.24, 2.45) is 0 Å². The standard InChI is InChI=1S/C8H20OSSi2/c1-11(2,3)7-8(10)9-12(4,5)6/h7H2,1-6H3. The van der Waals surface area contributed by atoms with Crippen molar-refractivity contribution in [1.29, 1.82) is 0 Å². The maximum Gasteiger partial charge on any atom is 0.242 e. The van der Waals surface area contributed by atoms with Crippen molar-refractivity contribution in [2.75, 3.05) is 0 Å². The highest BCUT2D eigenvalue weighted by atomic mass is 32.1. The van der Waals surface area contributed by atoms with Gasteiger partial charge >= 0.3 is 0 Å². The smallest absolute Gasteiger partial charge is 0.242 e. The Balaban J connectivity index is 3.92. The highest BCUT2D eigenvalue weighted by Crippen LogP contribution is 2.13. The summed E-state index contributed by atoms with van der Waals surface area (Å²) >= 11 is 5.20. The molecule has 0 atom stereocenters. The van der Waals surface area contributed by atoms with Gasteiger partial charge in [-0.15, -0.1) is 0 Å². The van der Waals surface area contributed by atoms with E-state index < -0.39 is 16.4 Å². The first kappa shape index (κ1) is 12.3. The van der Waals surface area contributed by atoms with Crippen LogP contribution < -0.4 is 0 Å². The second-order valence-corrected chi connectivity index (χ2v) is 15.7. The van der Waals surface area contributed by atoms with Crippen molar-refractivity contribution >= 4 is 33.7 Å². The largest absolute Gasteiger partial charge is 0.540 e.